The molecular weight excluding hydrogens is 396 g/mol. The van der Waals surface area contributed by atoms with Gasteiger partial charge in [-0.25, -0.2) is 19.6 Å². The number of aromatic nitrogens is 6. The Morgan fingerprint density at radius 2 is 2.06 bits per heavy atom. The van der Waals surface area contributed by atoms with Crippen molar-refractivity contribution in [3.05, 3.63) is 58.8 Å². The molecule has 1 amide bonds. The predicted molar refractivity (Wildman–Crippen MR) is 115 cm³/mol. The molecule has 4 heterocycles. The molecule has 0 spiro atoms. The fraction of sp³-hybridized carbons (Fsp3) is 0.429. The first-order valence-electron chi connectivity index (χ1n) is 10.4. The molecule has 31 heavy (non-hydrogen) atoms. The van der Waals surface area contributed by atoms with Crippen molar-refractivity contribution >= 4 is 11.7 Å². The number of hydrogen-bond donors (Lipinski definition) is 1. The minimum Gasteiger partial charge on any atom is -0.356 e. The van der Waals surface area contributed by atoms with E-state index in [2.05, 4.69) is 30.3 Å². The fourth-order valence-electron chi connectivity index (χ4n) is 3.88. The van der Waals surface area contributed by atoms with Gasteiger partial charge in [0.1, 0.15) is 12.1 Å². The van der Waals surface area contributed by atoms with Crippen LogP contribution in [0.15, 0.2) is 41.8 Å². The molecule has 0 bridgehead atoms. The Balaban J connectivity index is 1.38. The molecule has 0 saturated carbocycles. The van der Waals surface area contributed by atoms with Gasteiger partial charge in [0.25, 0.3) is 5.56 Å². The van der Waals surface area contributed by atoms with Gasteiger partial charge in [0, 0.05) is 50.2 Å². The monoisotopic (exact) mass is 422 g/mol. The fourth-order valence-corrected chi connectivity index (χ4v) is 3.88. The normalized spacial score (nSPS) is 16.3. The van der Waals surface area contributed by atoms with Crippen molar-refractivity contribution in [2.75, 3.05) is 24.5 Å². The lowest BCUT2D eigenvalue weighted by Crippen LogP contribution is -2.44. The summed E-state index contributed by atoms with van der Waals surface area (Å²) in [5, 5.41) is 7.44. The Bertz CT molecular complexity index is 1120. The lowest BCUT2D eigenvalue weighted by Gasteiger charge is -2.33. The van der Waals surface area contributed by atoms with E-state index in [9.17, 15) is 9.59 Å². The first kappa shape index (κ1) is 20.7. The van der Waals surface area contributed by atoms with Gasteiger partial charge in [-0.1, -0.05) is 0 Å². The van der Waals surface area contributed by atoms with Gasteiger partial charge in [0.2, 0.25) is 5.91 Å². The smallest absolute Gasteiger partial charge is 0.253 e. The average Bonchev–Trinajstić information content (AvgIpc) is 3.13. The number of nitrogens with one attached hydrogen (secondary N) is 1. The highest BCUT2D eigenvalue weighted by Crippen LogP contribution is 2.23. The molecule has 10 nitrogen and oxygen atoms in total. The Morgan fingerprint density at radius 3 is 2.84 bits per heavy atom. The van der Waals surface area contributed by atoms with Crippen molar-refractivity contribution in [3.8, 4) is 5.82 Å². The highest BCUT2D eigenvalue weighted by atomic mass is 16.2. The van der Waals surface area contributed by atoms with Gasteiger partial charge in [-0.2, -0.15) is 5.10 Å². The van der Waals surface area contributed by atoms with Crippen LogP contribution in [0.3, 0.4) is 0 Å². The van der Waals surface area contributed by atoms with Gasteiger partial charge < -0.3 is 10.2 Å². The summed E-state index contributed by atoms with van der Waals surface area (Å²) in [7, 11) is 0. The van der Waals surface area contributed by atoms with Crippen LogP contribution in [0.5, 0.6) is 0 Å². The molecular formula is C21H26N8O2. The lowest BCUT2D eigenvalue weighted by molar-refractivity contribution is -0.125. The van der Waals surface area contributed by atoms with Crippen LogP contribution in [0.1, 0.15) is 24.2 Å². The highest BCUT2D eigenvalue weighted by molar-refractivity contribution is 5.79. The summed E-state index contributed by atoms with van der Waals surface area (Å²) in [4.78, 5) is 39.3. The molecule has 1 atom stereocenters. The van der Waals surface area contributed by atoms with Crippen LogP contribution in [0, 0.1) is 19.8 Å². The number of nitrogens with zero attached hydrogens (tertiary/aromatic N) is 7. The van der Waals surface area contributed by atoms with E-state index in [1.807, 2.05) is 26.0 Å². The third kappa shape index (κ3) is 4.79. The number of carbonyl (C=O) groups excluding carboxylic acids is 1. The zero-order chi connectivity index (χ0) is 21.8. The summed E-state index contributed by atoms with van der Waals surface area (Å²) in [6, 6.07) is 5.32. The molecule has 3 aromatic rings. The lowest BCUT2D eigenvalue weighted by atomic mass is 9.97. The second-order valence-corrected chi connectivity index (χ2v) is 7.76. The maximum atomic E-state index is 12.7. The van der Waals surface area contributed by atoms with Crippen molar-refractivity contribution in [3.63, 3.8) is 0 Å². The number of amides is 1. The highest BCUT2D eigenvalue weighted by Gasteiger charge is 2.26. The first-order valence-corrected chi connectivity index (χ1v) is 10.4. The molecule has 0 radical (unpaired) electrons. The summed E-state index contributed by atoms with van der Waals surface area (Å²) < 4.78 is 3.28. The second kappa shape index (κ2) is 9.07. The van der Waals surface area contributed by atoms with Crippen molar-refractivity contribution in [2.45, 2.75) is 33.2 Å². The van der Waals surface area contributed by atoms with E-state index in [0.29, 0.717) is 25.5 Å². The van der Waals surface area contributed by atoms with Crippen LogP contribution in [-0.2, 0) is 11.3 Å². The first-order chi connectivity index (χ1) is 15.0. The van der Waals surface area contributed by atoms with Crippen LogP contribution in [0.25, 0.3) is 5.82 Å². The van der Waals surface area contributed by atoms with E-state index in [1.165, 1.54) is 29.5 Å². The molecule has 1 N–H and O–H groups in total. The largest absolute Gasteiger partial charge is 0.356 e. The molecule has 162 valence electrons. The van der Waals surface area contributed by atoms with E-state index in [0.717, 1.165) is 36.6 Å². The SMILES string of the molecule is Cc1cc(C)n(-c2cc(N3CCCC(C(=O)NCCn4cnccc4=O)C3)ncn2)n1. The molecule has 1 saturated heterocycles. The Labute approximate surface area is 180 Å². The number of rotatable bonds is 6. The van der Waals surface area contributed by atoms with E-state index < -0.39 is 0 Å². The quantitative estimate of drug-likeness (QED) is 0.627. The molecule has 0 aliphatic carbocycles. The number of anilines is 1. The third-order valence-corrected chi connectivity index (χ3v) is 5.43. The standard InChI is InChI=1S/C21H26N8O2/c1-15-10-16(2)29(26-15)19-11-18(24-13-25-19)27-8-3-4-17(12-27)21(31)23-7-9-28-14-22-6-5-20(28)30/h5-6,10-11,13-14,17H,3-4,7-9,12H2,1-2H3,(H,23,31). The molecule has 1 aliphatic rings. The number of carbonyl (C=O) groups is 1. The van der Waals surface area contributed by atoms with Gasteiger partial charge in [0.05, 0.1) is 17.9 Å². The van der Waals surface area contributed by atoms with E-state index in [4.69, 9.17) is 0 Å². The van der Waals surface area contributed by atoms with Crippen LogP contribution in [0.2, 0.25) is 0 Å². The summed E-state index contributed by atoms with van der Waals surface area (Å²) in [5.74, 6) is 1.36. The molecule has 10 heteroatoms. The van der Waals surface area contributed by atoms with Crippen molar-refractivity contribution in [1.82, 2.24) is 34.6 Å². The van der Waals surface area contributed by atoms with E-state index >= 15 is 0 Å². The van der Waals surface area contributed by atoms with Crippen molar-refractivity contribution < 1.29 is 4.79 Å². The zero-order valence-electron chi connectivity index (χ0n) is 17.7. The van der Waals surface area contributed by atoms with Crippen molar-refractivity contribution in [1.29, 1.82) is 0 Å². The van der Waals surface area contributed by atoms with Crippen molar-refractivity contribution in [2.24, 2.45) is 5.92 Å². The zero-order valence-corrected chi connectivity index (χ0v) is 17.7. The number of hydrogen-bond acceptors (Lipinski definition) is 7. The van der Waals surface area contributed by atoms with E-state index in [-0.39, 0.29) is 17.4 Å². The summed E-state index contributed by atoms with van der Waals surface area (Å²) in [5.41, 5.74) is 1.81. The summed E-state index contributed by atoms with van der Waals surface area (Å²) in [6.07, 6.45) is 6.20. The summed E-state index contributed by atoms with van der Waals surface area (Å²) in [6.45, 7) is 6.14. The minimum atomic E-state index is -0.133. The molecule has 4 rings (SSSR count). The molecule has 3 aromatic heterocycles. The van der Waals surface area contributed by atoms with Gasteiger partial charge in [-0.15, -0.1) is 0 Å². The minimum absolute atomic E-state index is 0.00513. The predicted octanol–water partition coefficient (Wildman–Crippen LogP) is 0.869. The Hall–Kier alpha value is -3.56. The van der Waals surface area contributed by atoms with Crippen LogP contribution >= 0.6 is 0 Å². The second-order valence-electron chi connectivity index (χ2n) is 7.76. The van der Waals surface area contributed by atoms with Gasteiger partial charge in [-0.3, -0.25) is 14.2 Å². The number of piperidine rings is 1. The van der Waals surface area contributed by atoms with Gasteiger partial charge >= 0.3 is 0 Å². The van der Waals surface area contributed by atoms with Crippen LogP contribution in [0.4, 0.5) is 5.82 Å². The third-order valence-electron chi connectivity index (χ3n) is 5.43. The molecule has 1 fully saturated rings. The summed E-state index contributed by atoms with van der Waals surface area (Å²) >= 11 is 0. The Kier molecular flexibility index (Phi) is 6.06. The van der Waals surface area contributed by atoms with Crippen LogP contribution in [-0.4, -0.2) is 54.8 Å². The van der Waals surface area contributed by atoms with Crippen LogP contribution < -0.4 is 15.8 Å². The number of aryl methyl sites for hydroxylation is 2. The molecule has 1 unspecified atom stereocenters. The van der Waals surface area contributed by atoms with E-state index in [1.54, 1.807) is 4.68 Å². The topological polar surface area (TPSA) is 111 Å². The van der Waals surface area contributed by atoms with Gasteiger partial charge in [0.15, 0.2) is 5.82 Å². The van der Waals surface area contributed by atoms with Gasteiger partial charge in [-0.05, 0) is 32.8 Å². The molecule has 0 aromatic carbocycles. The average molecular weight is 422 g/mol. The maximum absolute atomic E-state index is 12.7. The maximum Gasteiger partial charge on any atom is 0.253 e. The Morgan fingerprint density at radius 1 is 1.23 bits per heavy atom. The molecule has 1 aliphatic heterocycles.